The largest absolute Gasteiger partial charge is 0.481 e. The summed E-state index contributed by atoms with van der Waals surface area (Å²) in [5.41, 5.74) is 39.9. The molecule has 1 rings (SSSR count). The van der Waals surface area contributed by atoms with Crippen LogP contribution < -0.4 is 98.6 Å². The van der Waals surface area contributed by atoms with E-state index in [2.05, 4.69) is 70.8 Å². The zero-order valence-electron chi connectivity index (χ0n) is 55.2. The number of carboxylic acids is 3. The van der Waals surface area contributed by atoms with E-state index in [4.69, 9.17) is 40.1 Å². The van der Waals surface area contributed by atoms with Gasteiger partial charge in [0.25, 0.3) is 0 Å². The van der Waals surface area contributed by atoms with Crippen molar-refractivity contribution in [1.82, 2.24) is 63.4 Å². The number of aliphatic carboxylic acids is 3. The molecule has 28 N–H and O–H groups in total. The lowest BCUT2D eigenvalue weighted by Gasteiger charge is -2.29. The van der Waals surface area contributed by atoms with Crippen LogP contribution in [0.25, 0.3) is 0 Å². The van der Waals surface area contributed by atoms with Crippen LogP contribution in [0.4, 0.5) is 0 Å². The Kier molecular flexibility index (Phi) is 43.0. The first kappa shape index (κ1) is 86.5. The van der Waals surface area contributed by atoms with Gasteiger partial charge in [0.05, 0.1) is 32.1 Å². The molecule has 0 aromatic heterocycles. The third-order valence-corrected chi connectivity index (χ3v) is 15.5. The van der Waals surface area contributed by atoms with E-state index in [0.29, 0.717) is 44.9 Å². The number of guanidine groups is 1. The van der Waals surface area contributed by atoms with Crippen molar-refractivity contribution < 1.29 is 87.2 Å². The number of likely N-dealkylation sites (tertiary alicyclic amines) is 1. The molecule has 0 spiro atoms. The van der Waals surface area contributed by atoms with Gasteiger partial charge in [0.2, 0.25) is 70.9 Å². The van der Waals surface area contributed by atoms with E-state index in [-0.39, 0.29) is 109 Å². The fraction of sp³-hybridized carbons (Fsp3) is 0.724. The fourth-order valence-corrected chi connectivity index (χ4v) is 9.87. The van der Waals surface area contributed by atoms with Gasteiger partial charge in [-0.2, -0.15) is 12.6 Å². The number of amides is 12. The molecule has 1 saturated heterocycles. The molecular formula is C58H104N20O18S. The average molecular weight is 1400 g/mol. The Morgan fingerprint density at radius 3 is 1.28 bits per heavy atom. The summed E-state index contributed by atoms with van der Waals surface area (Å²) >= 11 is 3.92. The Balaban J connectivity index is 3.57. The van der Waals surface area contributed by atoms with E-state index in [1.807, 2.05) is 5.32 Å². The predicted molar refractivity (Wildman–Crippen MR) is 354 cm³/mol. The standard InChI is InChI=1S/C58H104N20O18S/c1-32(2)47(56(94)75-39(19-20-45(82)83)53(91)76-40(57(95)96)27-46(84)85)77-54(92)37(16-6-10-24-62)72-52(90)38(17-11-25-66-58(64)65)73-50(88)35(14-4-8-22-60)70-49(87)34(13-3-7-21-59)71-51(89)36(15-5-9-23-61)74-55(93)41-18-12-26-78(41)44(81)30-68-42(79)28-67-43(80)29-69-48(86)33(63)31-97/h32-41,47,97H,3-31,59-63H2,1-2H3,(H,67,80)(H,68,79)(H,69,86)(H,70,87)(H,71,89)(H,72,90)(H,73,88)(H,74,93)(H,75,94)(H,76,91)(H,77,92)(H,82,83)(H,84,85)(H,95,96)(H4,64,65,66)/t33-,34-,35-,36-,37-,38-,39-,40-,41-,47-/m0/s1. The summed E-state index contributed by atoms with van der Waals surface area (Å²) in [6, 6.07) is -14.2. The zero-order chi connectivity index (χ0) is 73.2. The fourth-order valence-electron chi connectivity index (χ4n) is 9.71. The molecule has 97 heavy (non-hydrogen) atoms. The lowest BCUT2D eigenvalue weighted by atomic mass is 10.00. The molecule has 0 unspecified atom stereocenters. The minimum Gasteiger partial charge on any atom is -0.481 e. The normalized spacial score (nSPS) is 15.4. The molecule has 10 atom stereocenters. The number of carbonyl (C=O) groups is 15. The van der Waals surface area contributed by atoms with Crippen LogP contribution in [-0.4, -0.2) is 240 Å². The highest BCUT2D eigenvalue weighted by Crippen LogP contribution is 2.19. The topological polar surface area (TPSA) is 647 Å². The molecule has 1 aliphatic heterocycles. The highest BCUT2D eigenvalue weighted by molar-refractivity contribution is 7.80. The number of nitrogens with one attached hydrogen (secondary N) is 11. The summed E-state index contributed by atoms with van der Waals surface area (Å²) in [6.45, 7) is 2.32. The Labute approximate surface area is 568 Å². The van der Waals surface area contributed by atoms with E-state index >= 15 is 0 Å². The zero-order valence-corrected chi connectivity index (χ0v) is 56.1. The number of unbranched alkanes of at least 4 members (excludes halogenated alkanes) is 4. The highest BCUT2D eigenvalue weighted by Gasteiger charge is 2.39. The van der Waals surface area contributed by atoms with Crippen LogP contribution in [-0.2, 0) is 71.9 Å². The van der Waals surface area contributed by atoms with Gasteiger partial charge in [0, 0.05) is 25.3 Å². The molecule has 38 nitrogen and oxygen atoms in total. The molecule has 1 aliphatic rings. The van der Waals surface area contributed by atoms with Crippen LogP contribution in [0.1, 0.15) is 136 Å². The molecule has 0 bridgehead atoms. The van der Waals surface area contributed by atoms with Gasteiger partial charge < -0.3 is 119 Å². The maximum Gasteiger partial charge on any atom is 0.326 e. The van der Waals surface area contributed by atoms with Crippen molar-refractivity contribution in [3.63, 3.8) is 0 Å². The molecule has 0 aromatic rings. The summed E-state index contributed by atoms with van der Waals surface area (Å²) in [6.07, 6.45) is 0.698. The van der Waals surface area contributed by atoms with Crippen molar-refractivity contribution in [1.29, 1.82) is 0 Å². The minimum absolute atomic E-state index is 0.0113. The Morgan fingerprint density at radius 1 is 0.485 bits per heavy atom. The van der Waals surface area contributed by atoms with E-state index in [0.717, 1.165) is 0 Å². The lowest BCUT2D eigenvalue weighted by Crippen LogP contribution is -2.61. The van der Waals surface area contributed by atoms with E-state index in [1.165, 1.54) is 18.7 Å². The van der Waals surface area contributed by atoms with Gasteiger partial charge in [-0.25, -0.2) is 4.79 Å². The first-order chi connectivity index (χ1) is 45.9. The van der Waals surface area contributed by atoms with E-state index in [9.17, 15) is 87.2 Å². The van der Waals surface area contributed by atoms with Crippen molar-refractivity contribution in [2.75, 3.05) is 64.7 Å². The number of rotatable bonds is 51. The van der Waals surface area contributed by atoms with Crippen LogP contribution in [0.2, 0.25) is 0 Å². The number of nitrogens with zero attached hydrogens (tertiary/aromatic N) is 2. The lowest BCUT2D eigenvalue weighted by molar-refractivity contribution is -0.147. The summed E-state index contributed by atoms with van der Waals surface area (Å²) in [5.74, 6) is -15.8. The van der Waals surface area contributed by atoms with Gasteiger partial charge in [0.15, 0.2) is 5.96 Å². The maximum atomic E-state index is 14.6. The molecule has 1 fully saturated rings. The number of aliphatic imine (C=N–C) groups is 1. The number of carboxylic acid groups (broad SMARTS) is 3. The van der Waals surface area contributed by atoms with Crippen molar-refractivity contribution in [2.45, 2.75) is 196 Å². The molecular weight excluding hydrogens is 1300 g/mol. The van der Waals surface area contributed by atoms with E-state index in [1.54, 1.807) is 0 Å². The van der Waals surface area contributed by atoms with E-state index < -0.39 is 194 Å². The monoisotopic (exact) mass is 1400 g/mol. The van der Waals surface area contributed by atoms with Gasteiger partial charge >= 0.3 is 17.9 Å². The predicted octanol–water partition coefficient (Wildman–Crippen LogP) is -7.89. The maximum absolute atomic E-state index is 14.6. The van der Waals surface area contributed by atoms with Crippen molar-refractivity contribution in [3.05, 3.63) is 0 Å². The molecule has 39 heteroatoms. The van der Waals surface area contributed by atoms with Crippen LogP contribution in [0.5, 0.6) is 0 Å². The quantitative estimate of drug-likeness (QED) is 0.0116. The van der Waals surface area contributed by atoms with Crippen LogP contribution in [0, 0.1) is 5.92 Å². The molecule has 1 heterocycles. The number of thiol groups is 1. The number of hydrogen-bond donors (Lipinski definition) is 22. The Morgan fingerprint density at radius 2 is 0.876 bits per heavy atom. The minimum atomic E-state index is -1.97. The number of carbonyl (C=O) groups excluding carboxylic acids is 12. The summed E-state index contributed by atoms with van der Waals surface area (Å²) in [5, 5.41) is 55.4. The van der Waals surface area contributed by atoms with Gasteiger partial charge in [-0.3, -0.25) is 72.1 Å². The average Bonchev–Trinajstić information content (AvgIpc) is 1.82. The van der Waals surface area contributed by atoms with Crippen molar-refractivity contribution in [3.8, 4) is 0 Å². The smallest absolute Gasteiger partial charge is 0.326 e. The van der Waals surface area contributed by atoms with Crippen LogP contribution in [0.3, 0.4) is 0 Å². The molecule has 0 aromatic carbocycles. The SMILES string of the molecule is CC(C)[C@H](NC(=O)[C@H](CCCCN)NC(=O)[C@H](CCCN=C(N)N)NC(=O)[C@H](CCCCN)NC(=O)[C@H](CCCCN)NC(=O)[C@H](CCCCN)NC(=O)[C@@H]1CCCN1C(=O)CNC(=O)CNC(=O)CNC(=O)[C@@H](N)CS)C(=O)N[C@@H](CCC(=O)O)C(=O)N[C@@H](CC(=O)O)C(=O)O. The van der Waals surface area contributed by atoms with Crippen molar-refractivity contribution in [2.24, 2.45) is 51.0 Å². The first-order valence-corrected chi connectivity index (χ1v) is 33.0. The van der Waals surface area contributed by atoms with Gasteiger partial charge in [-0.05, 0) is 141 Å². The highest BCUT2D eigenvalue weighted by atomic mass is 32.1. The Bertz CT molecular complexity index is 2660. The van der Waals surface area contributed by atoms with Gasteiger partial charge in [-0.15, -0.1) is 0 Å². The third-order valence-electron chi connectivity index (χ3n) is 15.1. The first-order valence-electron chi connectivity index (χ1n) is 32.4. The second-order valence-electron chi connectivity index (χ2n) is 23.4. The molecule has 550 valence electrons. The second kappa shape index (κ2) is 48.2. The summed E-state index contributed by atoms with van der Waals surface area (Å²) < 4.78 is 0. The summed E-state index contributed by atoms with van der Waals surface area (Å²) in [7, 11) is 0. The molecule has 0 aliphatic carbocycles. The van der Waals surface area contributed by atoms with Crippen LogP contribution in [0.15, 0.2) is 4.99 Å². The second-order valence-corrected chi connectivity index (χ2v) is 23.8. The van der Waals surface area contributed by atoms with Gasteiger partial charge in [-0.1, -0.05) is 13.8 Å². The summed E-state index contributed by atoms with van der Waals surface area (Å²) in [4.78, 5) is 203. The molecule has 0 saturated carbocycles. The molecule has 0 radical (unpaired) electrons. The Hall–Kier alpha value is -8.53. The van der Waals surface area contributed by atoms with Crippen molar-refractivity contribution >= 4 is 107 Å². The third kappa shape index (κ3) is 35.3. The van der Waals surface area contributed by atoms with Gasteiger partial charge in [0.1, 0.15) is 54.4 Å². The molecule has 12 amide bonds. The van der Waals surface area contributed by atoms with Crippen LogP contribution >= 0.6 is 12.6 Å². The number of hydrogen-bond acceptors (Lipinski definition) is 22. The number of nitrogens with two attached hydrogens (primary N) is 7.